The Bertz CT molecular complexity index is 821. The zero-order valence-electron chi connectivity index (χ0n) is 17.1. The number of aromatic nitrogens is 2. The van der Waals surface area contributed by atoms with E-state index in [2.05, 4.69) is 10.00 Å². The molecule has 152 valence electrons. The summed E-state index contributed by atoms with van der Waals surface area (Å²) >= 11 is 0. The summed E-state index contributed by atoms with van der Waals surface area (Å²) < 4.78 is 13.6. The van der Waals surface area contributed by atoms with Crippen LogP contribution in [0.5, 0.6) is 0 Å². The number of piperidine rings is 1. The Kier molecular flexibility index (Phi) is 5.55. The van der Waals surface area contributed by atoms with Crippen molar-refractivity contribution in [1.82, 2.24) is 19.6 Å². The molecule has 2 aromatic heterocycles. The summed E-state index contributed by atoms with van der Waals surface area (Å²) in [4.78, 5) is 17.9. The zero-order valence-corrected chi connectivity index (χ0v) is 17.1. The third-order valence-electron chi connectivity index (χ3n) is 5.84. The predicted octanol–water partition coefficient (Wildman–Crippen LogP) is 2.70. The molecule has 7 heteroatoms. The number of nitrogens with zero attached hydrogens (tertiary/aromatic N) is 4. The van der Waals surface area contributed by atoms with Crippen LogP contribution >= 0.6 is 0 Å². The molecule has 2 aliphatic rings. The molecular weight excluding hydrogens is 356 g/mol. The number of morpholine rings is 1. The highest BCUT2D eigenvalue weighted by atomic mass is 16.5. The number of amides is 1. The summed E-state index contributed by atoms with van der Waals surface area (Å²) in [5.41, 5.74) is 1.67. The molecule has 2 aliphatic heterocycles. The van der Waals surface area contributed by atoms with Crippen LogP contribution in [0, 0.1) is 13.8 Å². The second-order valence-corrected chi connectivity index (χ2v) is 7.99. The molecule has 1 amide bonds. The average Bonchev–Trinajstić information content (AvgIpc) is 3.26. The molecule has 0 aromatic carbocycles. The topological polar surface area (TPSA) is 63.7 Å². The van der Waals surface area contributed by atoms with Crippen molar-refractivity contribution < 1.29 is 13.9 Å². The third-order valence-corrected chi connectivity index (χ3v) is 5.84. The van der Waals surface area contributed by atoms with Crippen molar-refractivity contribution in [2.24, 2.45) is 7.05 Å². The van der Waals surface area contributed by atoms with Gasteiger partial charge in [-0.3, -0.25) is 9.48 Å². The van der Waals surface area contributed by atoms with Crippen LogP contribution in [0.3, 0.4) is 0 Å². The van der Waals surface area contributed by atoms with E-state index in [1.807, 2.05) is 44.3 Å². The van der Waals surface area contributed by atoms with Crippen molar-refractivity contribution in [2.75, 3.05) is 32.8 Å². The van der Waals surface area contributed by atoms with Crippen molar-refractivity contribution in [1.29, 1.82) is 0 Å². The summed E-state index contributed by atoms with van der Waals surface area (Å²) in [6, 6.07) is 1.69. The first-order valence-corrected chi connectivity index (χ1v) is 10.2. The van der Waals surface area contributed by atoms with E-state index in [4.69, 9.17) is 9.15 Å². The highest BCUT2D eigenvalue weighted by Crippen LogP contribution is 2.32. The fraction of sp³-hybridized carbons (Fsp3) is 0.619. The number of furan rings is 1. The van der Waals surface area contributed by atoms with E-state index in [9.17, 15) is 4.79 Å². The Balaban J connectivity index is 1.63. The Labute approximate surface area is 166 Å². The molecule has 0 unspecified atom stereocenters. The van der Waals surface area contributed by atoms with Gasteiger partial charge in [0.25, 0.3) is 5.91 Å². The normalized spacial score (nSPS) is 23.9. The van der Waals surface area contributed by atoms with Gasteiger partial charge >= 0.3 is 0 Å². The molecule has 2 saturated heterocycles. The van der Waals surface area contributed by atoms with Crippen LogP contribution in [0.4, 0.5) is 0 Å². The molecule has 2 aromatic rings. The molecular formula is C21H30N4O3. The van der Waals surface area contributed by atoms with Gasteiger partial charge in [0.05, 0.1) is 30.5 Å². The first-order valence-electron chi connectivity index (χ1n) is 10.2. The van der Waals surface area contributed by atoms with Gasteiger partial charge in [0.2, 0.25) is 0 Å². The number of rotatable bonds is 4. The van der Waals surface area contributed by atoms with Crippen LogP contribution in [-0.2, 0) is 11.8 Å². The largest absolute Gasteiger partial charge is 0.466 e. The van der Waals surface area contributed by atoms with Gasteiger partial charge in [0.1, 0.15) is 11.5 Å². The summed E-state index contributed by atoms with van der Waals surface area (Å²) in [6.45, 7) is 7.90. The van der Waals surface area contributed by atoms with Crippen molar-refractivity contribution in [2.45, 2.75) is 45.3 Å². The maximum atomic E-state index is 13.4. The van der Waals surface area contributed by atoms with Gasteiger partial charge in [-0.05, 0) is 45.8 Å². The van der Waals surface area contributed by atoms with Gasteiger partial charge in [-0.25, -0.2) is 0 Å². The minimum Gasteiger partial charge on any atom is -0.466 e. The van der Waals surface area contributed by atoms with Gasteiger partial charge in [0.15, 0.2) is 0 Å². The lowest BCUT2D eigenvalue weighted by atomic mass is 9.98. The first kappa shape index (κ1) is 19.2. The van der Waals surface area contributed by atoms with Gasteiger partial charge in [-0.15, -0.1) is 0 Å². The second-order valence-electron chi connectivity index (χ2n) is 7.99. The lowest BCUT2D eigenvalue weighted by Crippen LogP contribution is -2.52. The van der Waals surface area contributed by atoms with Crippen molar-refractivity contribution in [3.05, 3.63) is 41.1 Å². The Morgan fingerprint density at radius 3 is 2.64 bits per heavy atom. The van der Waals surface area contributed by atoms with E-state index >= 15 is 0 Å². The summed E-state index contributed by atoms with van der Waals surface area (Å²) in [5, 5.41) is 4.35. The average molecular weight is 386 g/mol. The van der Waals surface area contributed by atoms with Gasteiger partial charge in [0, 0.05) is 31.9 Å². The zero-order chi connectivity index (χ0) is 19.7. The Morgan fingerprint density at radius 2 is 2.00 bits per heavy atom. The van der Waals surface area contributed by atoms with Crippen molar-refractivity contribution in [3.63, 3.8) is 0 Å². The molecule has 4 rings (SSSR count). The smallest absolute Gasteiger partial charge is 0.258 e. The van der Waals surface area contributed by atoms with E-state index in [0.717, 1.165) is 31.0 Å². The lowest BCUT2D eigenvalue weighted by molar-refractivity contribution is -0.0742. The minimum absolute atomic E-state index is 0.00940. The molecule has 0 bridgehead atoms. The maximum Gasteiger partial charge on any atom is 0.258 e. The summed E-state index contributed by atoms with van der Waals surface area (Å²) in [6.07, 6.45) is 7.57. The lowest BCUT2D eigenvalue weighted by Gasteiger charge is -2.43. The molecule has 0 saturated carbocycles. The molecule has 2 fully saturated rings. The number of ether oxygens (including phenoxy) is 1. The van der Waals surface area contributed by atoms with Gasteiger partial charge < -0.3 is 19.0 Å². The molecule has 4 heterocycles. The fourth-order valence-corrected chi connectivity index (χ4v) is 4.50. The number of hydrogen-bond acceptors (Lipinski definition) is 5. The SMILES string of the molecule is Cc1cc(C(=O)N2CCO[C@@H](CN3CCCCC3)[C@@H]2c2cnn(C)c2)c(C)o1. The van der Waals surface area contributed by atoms with E-state index in [-0.39, 0.29) is 18.1 Å². The standard InChI is InChI=1S/C21H30N4O3/c1-15-11-18(16(2)28-15)21(26)25-9-10-27-19(14-24-7-5-4-6-8-24)20(25)17-12-22-23(3)13-17/h11-13,19-20H,4-10,14H2,1-3H3/t19-,20-/m0/s1. The molecule has 0 N–H and O–H groups in total. The predicted molar refractivity (Wildman–Crippen MR) is 105 cm³/mol. The molecule has 7 nitrogen and oxygen atoms in total. The molecule has 0 aliphatic carbocycles. The van der Waals surface area contributed by atoms with Crippen LogP contribution in [0.2, 0.25) is 0 Å². The van der Waals surface area contributed by atoms with Gasteiger partial charge in [-0.2, -0.15) is 5.10 Å². The van der Waals surface area contributed by atoms with E-state index in [1.165, 1.54) is 19.3 Å². The first-order chi connectivity index (χ1) is 13.5. The molecule has 28 heavy (non-hydrogen) atoms. The van der Waals surface area contributed by atoms with Crippen molar-refractivity contribution >= 4 is 5.91 Å². The van der Waals surface area contributed by atoms with Crippen LogP contribution in [0.15, 0.2) is 22.9 Å². The van der Waals surface area contributed by atoms with Crippen LogP contribution in [0.25, 0.3) is 0 Å². The summed E-state index contributed by atoms with van der Waals surface area (Å²) in [5.74, 6) is 1.44. The third kappa shape index (κ3) is 3.86. The molecule has 2 atom stereocenters. The Hall–Kier alpha value is -2.12. The second kappa shape index (κ2) is 8.09. The number of carbonyl (C=O) groups excluding carboxylic acids is 1. The van der Waals surface area contributed by atoms with E-state index in [1.54, 1.807) is 4.68 Å². The maximum absolute atomic E-state index is 13.4. The highest BCUT2D eigenvalue weighted by Gasteiger charge is 2.39. The molecule has 0 radical (unpaired) electrons. The quantitative estimate of drug-likeness (QED) is 0.808. The number of aryl methyl sites for hydroxylation is 3. The minimum atomic E-state index is -0.147. The number of carbonyl (C=O) groups is 1. The van der Waals surface area contributed by atoms with Crippen LogP contribution < -0.4 is 0 Å². The van der Waals surface area contributed by atoms with Gasteiger partial charge in [-0.1, -0.05) is 6.42 Å². The summed E-state index contributed by atoms with van der Waals surface area (Å²) in [7, 11) is 1.91. The number of likely N-dealkylation sites (tertiary alicyclic amines) is 1. The monoisotopic (exact) mass is 386 g/mol. The van der Waals surface area contributed by atoms with E-state index < -0.39 is 0 Å². The highest BCUT2D eigenvalue weighted by molar-refractivity contribution is 5.95. The van der Waals surface area contributed by atoms with Crippen LogP contribution in [0.1, 0.15) is 52.7 Å². The van der Waals surface area contributed by atoms with Crippen molar-refractivity contribution in [3.8, 4) is 0 Å². The fourth-order valence-electron chi connectivity index (χ4n) is 4.50. The Morgan fingerprint density at radius 1 is 1.21 bits per heavy atom. The number of hydrogen-bond donors (Lipinski definition) is 0. The van der Waals surface area contributed by atoms with E-state index in [0.29, 0.717) is 24.5 Å². The van der Waals surface area contributed by atoms with Crippen LogP contribution in [-0.4, -0.2) is 64.4 Å². The molecule has 0 spiro atoms.